The highest BCUT2D eigenvalue weighted by Crippen LogP contribution is 2.21. The minimum atomic E-state index is -0.266. The van der Waals surface area contributed by atoms with E-state index < -0.39 is 0 Å². The number of hydrogen-bond acceptors (Lipinski definition) is 10. The Morgan fingerprint density at radius 1 is 0.717 bits per heavy atom. The van der Waals surface area contributed by atoms with Gasteiger partial charge in [0.1, 0.15) is 0 Å². The minimum Gasteiger partial charge on any atom is -0.376 e. The molecule has 2 unspecified atom stereocenters. The Morgan fingerprint density at radius 3 is 1.57 bits per heavy atom. The molecule has 2 aliphatic rings. The number of rotatable bonds is 13. The zero-order chi connectivity index (χ0) is 31.9. The second-order valence-electron chi connectivity index (χ2n) is 11.2. The van der Waals surface area contributed by atoms with Crippen molar-refractivity contribution < 1.29 is 19.1 Å². The minimum absolute atomic E-state index is 0.0271. The average Bonchev–Trinajstić information content (AvgIpc) is 3.80. The molecule has 2 amide bonds. The van der Waals surface area contributed by atoms with Crippen molar-refractivity contribution in [2.75, 3.05) is 37.8 Å². The molecule has 2 aromatic carbocycles. The third-order valence-electron chi connectivity index (χ3n) is 7.97. The molecule has 0 spiro atoms. The van der Waals surface area contributed by atoms with Gasteiger partial charge >= 0.3 is 0 Å². The molecule has 2 aliphatic heterocycles. The number of para-hydroxylation sites is 2. The van der Waals surface area contributed by atoms with Crippen LogP contribution in [0.5, 0.6) is 0 Å². The van der Waals surface area contributed by atoms with E-state index in [1.165, 1.54) is 32.7 Å². The van der Waals surface area contributed by atoms with E-state index in [9.17, 15) is 19.2 Å². The quantitative estimate of drug-likeness (QED) is 0.162. The highest BCUT2D eigenvalue weighted by Gasteiger charge is 2.20. The van der Waals surface area contributed by atoms with E-state index in [4.69, 9.17) is 19.4 Å². The second-order valence-corrected chi connectivity index (χ2v) is 13.1. The van der Waals surface area contributed by atoms with E-state index in [-0.39, 0.29) is 59.7 Å². The molecule has 2 aromatic heterocycles. The summed E-state index contributed by atoms with van der Waals surface area (Å²) >= 11 is 2.34. The van der Waals surface area contributed by atoms with Gasteiger partial charge < -0.3 is 20.1 Å². The molecular weight excluding hydrogens is 629 g/mol. The standard InChI is InChI=1S/C32H36N6O6S2/c39-27(33-17-21-7-5-15-43-21)19-45-31-35-25-11-3-1-9-23(25)29(41)37(31)13-14-38-30(42)24-10-2-4-12-26(24)36-32(38)46-20-28(40)34-18-22-8-6-16-44-22/h1-4,9-12,21-22H,5-8,13-20H2,(H,33,39)(H,34,40). The summed E-state index contributed by atoms with van der Waals surface area (Å²) in [5.74, 6) is -0.226. The van der Waals surface area contributed by atoms with Crippen molar-refractivity contribution in [3.63, 3.8) is 0 Å². The fourth-order valence-electron chi connectivity index (χ4n) is 5.54. The van der Waals surface area contributed by atoms with Crippen LogP contribution in [0.3, 0.4) is 0 Å². The van der Waals surface area contributed by atoms with Gasteiger partial charge in [0.05, 0.1) is 45.5 Å². The Morgan fingerprint density at radius 2 is 1.15 bits per heavy atom. The van der Waals surface area contributed by atoms with Gasteiger partial charge in [-0.2, -0.15) is 0 Å². The van der Waals surface area contributed by atoms with Crippen LogP contribution in [-0.2, 0) is 32.2 Å². The number of nitrogens with zero attached hydrogens (tertiary/aromatic N) is 4. The maximum atomic E-state index is 13.7. The van der Waals surface area contributed by atoms with E-state index in [0.717, 1.165) is 25.7 Å². The summed E-state index contributed by atoms with van der Waals surface area (Å²) in [7, 11) is 0. The number of amides is 2. The summed E-state index contributed by atoms with van der Waals surface area (Å²) in [6.07, 6.45) is 3.87. The van der Waals surface area contributed by atoms with Crippen LogP contribution in [-0.4, -0.2) is 80.9 Å². The largest absolute Gasteiger partial charge is 0.376 e. The molecule has 14 heteroatoms. The lowest BCUT2D eigenvalue weighted by atomic mass is 10.2. The van der Waals surface area contributed by atoms with Crippen molar-refractivity contribution in [2.24, 2.45) is 0 Å². The first-order valence-corrected chi connectivity index (χ1v) is 17.4. The second kappa shape index (κ2) is 15.2. The summed E-state index contributed by atoms with van der Waals surface area (Å²) in [4.78, 5) is 62.2. The zero-order valence-corrected chi connectivity index (χ0v) is 26.9. The molecule has 2 N–H and O–H groups in total. The summed E-state index contributed by atoms with van der Waals surface area (Å²) in [6, 6.07) is 14.1. The van der Waals surface area contributed by atoms with E-state index in [1.54, 1.807) is 36.4 Å². The van der Waals surface area contributed by atoms with Crippen LogP contribution in [0.15, 0.2) is 68.4 Å². The topological polar surface area (TPSA) is 146 Å². The summed E-state index contributed by atoms with van der Waals surface area (Å²) in [6.45, 7) is 2.53. The van der Waals surface area contributed by atoms with Crippen LogP contribution >= 0.6 is 23.5 Å². The van der Waals surface area contributed by atoms with E-state index in [2.05, 4.69) is 10.6 Å². The molecule has 12 nitrogen and oxygen atoms in total. The number of nitrogens with one attached hydrogen (secondary N) is 2. The van der Waals surface area contributed by atoms with Crippen LogP contribution in [0.4, 0.5) is 0 Å². The SMILES string of the molecule is O=C(CSc1nc2ccccc2c(=O)n1CCn1c(SCC(=O)NCC2CCCO2)nc2ccccc2c1=O)NCC1CCCO1. The first-order valence-electron chi connectivity index (χ1n) is 15.5. The van der Waals surface area contributed by atoms with Crippen LogP contribution < -0.4 is 21.8 Å². The van der Waals surface area contributed by atoms with Gasteiger partial charge in [-0.15, -0.1) is 0 Å². The molecule has 46 heavy (non-hydrogen) atoms. The van der Waals surface area contributed by atoms with Crippen LogP contribution in [0.1, 0.15) is 25.7 Å². The first kappa shape index (κ1) is 32.2. The van der Waals surface area contributed by atoms with Crippen molar-refractivity contribution in [1.29, 1.82) is 0 Å². The normalized spacial score (nSPS) is 17.9. The lowest BCUT2D eigenvalue weighted by Gasteiger charge is -2.17. The molecule has 242 valence electrons. The Hall–Kier alpha value is -3.72. The molecule has 0 radical (unpaired) electrons. The van der Waals surface area contributed by atoms with Crippen molar-refractivity contribution in [3.05, 3.63) is 69.2 Å². The third-order valence-corrected chi connectivity index (χ3v) is 9.92. The monoisotopic (exact) mass is 664 g/mol. The Kier molecular flexibility index (Phi) is 10.7. The number of ether oxygens (including phenoxy) is 2. The van der Waals surface area contributed by atoms with E-state index in [0.29, 0.717) is 58.4 Å². The van der Waals surface area contributed by atoms with E-state index in [1.807, 2.05) is 12.1 Å². The number of hydrogen-bond donors (Lipinski definition) is 2. The summed E-state index contributed by atoms with van der Waals surface area (Å²) in [5.41, 5.74) is 0.524. The maximum Gasteiger partial charge on any atom is 0.262 e. The Labute approximate surface area is 273 Å². The van der Waals surface area contributed by atoms with Gasteiger partial charge in [0.25, 0.3) is 11.1 Å². The number of thioether (sulfide) groups is 2. The zero-order valence-electron chi connectivity index (χ0n) is 25.3. The molecule has 4 heterocycles. The van der Waals surface area contributed by atoms with Crippen molar-refractivity contribution in [2.45, 2.75) is 61.3 Å². The molecule has 0 aliphatic carbocycles. The number of carbonyl (C=O) groups is 2. The van der Waals surface area contributed by atoms with Crippen molar-refractivity contribution in [1.82, 2.24) is 29.7 Å². The maximum absolute atomic E-state index is 13.7. The van der Waals surface area contributed by atoms with Gasteiger partial charge in [-0.05, 0) is 49.9 Å². The van der Waals surface area contributed by atoms with Gasteiger partial charge in [-0.1, -0.05) is 47.8 Å². The predicted molar refractivity (Wildman–Crippen MR) is 177 cm³/mol. The third kappa shape index (κ3) is 7.80. The van der Waals surface area contributed by atoms with Crippen LogP contribution in [0.2, 0.25) is 0 Å². The van der Waals surface area contributed by atoms with Crippen molar-refractivity contribution in [3.8, 4) is 0 Å². The van der Waals surface area contributed by atoms with Gasteiger partial charge in [-0.25, -0.2) is 9.97 Å². The van der Waals surface area contributed by atoms with Crippen molar-refractivity contribution >= 4 is 57.1 Å². The van der Waals surface area contributed by atoms with Gasteiger partial charge in [0, 0.05) is 39.4 Å². The molecular formula is C32H36N6O6S2. The molecule has 2 fully saturated rings. The highest BCUT2D eigenvalue weighted by molar-refractivity contribution is 8.00. The first-order chi connectivity index (χ1) is 22.5. The number of carbonyl (C=O) groups excluding carboxylic acids is 2. The summed E-state index contributed by atoms with van der Waals surface area (Å²) in [5, 5.41) is 7.45. The molecule has 4 aromatic rings. The number of aromatic nitrogens is 4. The molecule has 0 bridgehead atoms. The molecule has 0 saturated carbocycles. The van der Waals surface area contributed by atoms with Crippen LogP contribution in [0, 0.1) is 0 Å². The predicted octanol–water partition coefficient (Wildman–Crippen LogP) is 2.58. The molecule has 2 atom stereocenters. The fourth-order valence-corrected chi connectivity index (χ4v) is 7.25. The smallest absolute Gasteiger partial charge is 0.262 e. The number of fused-ring (bicyclic) bond motifs is 2. The highest BCUT2D eigenvalue weighted by atomic mass is 32.2. The number of benzene rings is 2. The summed E-state index contributed by atoms with van der Waals surface area (Å²) < 4.78 is 14.2. The van der Waals surface area contributed by atoms with Gasteiger partial charge in [0.2, 0.25) is 11.8 Å². The molecule has 6 rings (SSSR count). The van der Waals surface area contributed by atoms with Crippen LogP contribution in [0.25, 0.3) is 21.8 Å². The van der Waals surface area contributed by atoms with Gasteiger partial charge in [-0.3, -0.25) is 28.3 Å². The fraction of sp³-hybridized carbons (Fsp3) is 0.438. The van der Waals surface area contributed by atoms with E-state index >= 15 is 0 Å². The Balaban J connectivity index is 1.22. The lowest BCUT2D eigenvalue weighted by Crippen LogP contribution is -2.34. The van der Waals surface area contributed by atoms with Gasteiger partial charge in [0.15, 0.2) is 10.3 Å². The average molecular weight is 665 g/mol. The Bertz CT molecular complexity index is 1700. The lowest BCUT2D eigenvalue weighted by molar-refractivity contribution is -0.119. The molecule has 2 saturated heterocycles.